The zero-order valence-electron chi connectivity index (χ0n) is 9.22. The molecule has 1 aromatic rings. The van der Waals surface area contributed by atoms with Crippen molar-refractivity contribution in [1.82, 2.24) is 0 Å². The normalized spacial score (nSPS) is 13.0. The molecule has 0 unspecified atom stereocenters. The van der Waals surface area contributed by atoms with E-state index in [1.165, 1.54) is 19.1 Å². The Morgan fingerprint density at radius 1 is 1.50 bits per heavy atom. The Morgan fingerprint density at radius 2 is 2.11 bits per heavy atom. The number of halogens is 4. The van der Waals surface area contributed by atoms with E-state index in [4.69, 9.17) is 5.73 Å². The Morgan fingerprint density at radius 3 is 2.56 bits per heavy atom. The minimum atomic E-state index is -4.76. The van der Waals surface area contributed by atoms with E-state index in [2.05, 4.69) is 26.0 Å². The van der Waals surface area contributed by atoms with E-state index in [0.717, 1.165) is 6.07 Å². The van der Waals surface area contributed by atoms with Gasteiger partial charge in [-0.25, -0.2) is 0 Å². The van der Waals surface area contributed by atoms with Gasteiger partial charge < -0.3 is 15.8 Å². The standard InChI is InChI=1S/C10H10BrF3N2O2/c1-5(15)9(17)16-6-2-3-8(7(11)4-6)18-10(12,13)14/h2-5H,15H2,1H3,(H,16,17)/t5-/m0/s1. The van der Waals surface area contributed by atoms with Crippen molar-refractivity contribution < 1.29 is 22.7 Å². The van der Waals surface area contributed by atoms with E-state index in [9.17, 15) is 18.0 Å². The number of rotatable bonds is 3. The number of nitrogens with one attached hydrogen (secondary N) is 1. The summed E-state index contributed by atoms with van der Waals surface area (Å²) in [6.07, 6.45) is -4.76. The number of ether oxygens (including phenoxy) is 1. The van der Waals surface area contributed by atoms with E-state index in [0.29, 0.717) is 5.69 Å². The van der Waals surface area contributed by atoms with Crippen LogP contribution in [0.2, 0.25) is 0 Å². The summed E-state index contributed by atoms with van der Waals surface area (Å²) in [4.78, 5) is 11.3. The van der Waals surface area contributed by atoms with Crippen molar-refractivity contribution in [2.75, 3.05) is 5.32 Å². The van der Waals surface area contributed by atoms with Crippen LogP contribution in [0, 0.1) is 0 Å². The fourth-order valence-electron chi connectivity index (χ4n) is 1.04. The van der Waals surface area contributed by atoms with E-state index in [-0.39, 0.29) is 10.2 Å². The maximum absolute atomic E-state index is 12.0. The molecule has 3 N–H and O–H groups in total. The zero-order valence-corrected chi connectivity index (χ0v) is 10.8. The number of alkyl halides is 3. The molecule has 4 nitrogen and oxygen atoms in total. The summed E-state index contributed by atoms with van der Waals surface area (Å²) < 4.78 is 39.9. The molecule has 0 bridgehead atoms. The largest absolute Gasteiger partial charge is 0.573 e. The zero-order chi connectivity index (χ0) is 13.9. The average Bonchev–Trinajstić information content (AvgIpc) is 2.20. The predicted octanol–water partition coefficient (Wildman–Crippen LogP) is 2.63. The van der Waals surface area contributed by atoms with Crippen LogP contribution in [0.15, 0.2) is 22.7 Å². The van der Waals surface area contributed by atoms with Gasteiger partial charge in [0.05, 0.1) is 10.5 Å². The number of nitrogens with two attached hydrogens (primary N) is 1. The highest BCUT2D eigenvalue weighted by Crippen LogP contribution is 2.32. The quantitative estimate of drug-likeness (QED) is 0.897. The minimum absolute atomic E-state index is 0.0716. The highest BCUT2D eigenvalue weighted by Gasteiger charge is 2.31. The molecular weight excluding hydrogens is 317 g/mol. The second-order valence-electron chi connectivity index (χ2n) is 3.47. The van der Waals surface area contributed by atoms with Gasteiger partial charge in [0.15, 0.2) is 0 Å². The summed E-state index contributed by atoms with van der Waals surface area (Å²) in [6.45, 7) is 1.49. The third-order valence-corrected chi connectivity index (χ3v) is 2.46. The Labute approximate surface area is 109 Å². The van der Waals surface area contributed by atoms with E-state index in [1.54, 1.807) is 0 Å². The molecule has 0 radical (unpaired) electrons. The SMILES string of the molecule is C[C@H](N)C(=O)Nc1ccc(OC(F)(F)F)c(Br)c1. The summed E-state index contributed by atoms with van der Waals surface area (Å²) in [5, 5.41) is 2.44. The third kappa shape index (κ3) is 4.53. The summed E-state index contributed by atoms with van der Waals surface area (Å²) in [6, 6.07) is 2.96. The molecule has 1 rings (SSSR count). The summed E-state index contributed by atoms with van der Waals surface area (Å²) >= 11 is 2.92. The molecule has 0 spiro atoms. The lowest BCUT2D eigenvalue weighted by Crippen LogP contribution is -2.32. The minimum Gasteiger partial charge on any atom is -0.405 e. The van der Waals surface area contributed by atoms with Crippen molar-refractivity contribution >= 4 is 27.5 Å². The van der Waals surface area contributed by atoms with Crippen molar-refractivity contribution in [2.24, 2.45) is 5.73 Å². The molecule has 1 atom stereocenters. The molecule has 0 aliphatic heterocycles. The Bertz CT molecular complexity index is 449. The van der Waals surface area contributed by atoms with Crippen molar-refractivity contribution in [3.8, 4) is 5.75 Å². The van der Waals surface area contributed by atoms with Crippen LogP contribution in [-0.4, -0.2) is 18.3 Å². The van der Waals surface area contributed by atoms with Gasteiger partial charge in [0.25, 0.3) is 0 Å². The summed E-state index contributed by atoms with van der Waals surface area (Å²) in [7, 11) is 0. The Kier molecular flexibility index (Phi) is 4.58. The number of carbonyl (C=O) groups is 1. The fraction of sp³-hybridized carbons (Fsp3) is 0.300. The third-order valence-electron chi connectivity index (χ3n) is 1.84. The smallest absolute Gasteiger partial charge is 0.405 e. The van der Waals surface area contributed by atoms with Crippen LogP contribution in [0.4, 0.5) is 18.9 Å². The number of carbonyl (C=O) groups excluding carboxylic acids is 1. The highest BCUT2D eigenvalue weighted by atomic mass is 79.9. The molecule has 0 aliphatic carbocycles. The van der Waals surface area contributed by atoms with Crippen LogP contribution in [0.25, 0.3) is 0 Å². The lowest BCUT2D eigenvalue weighted by molar-refractivity contribution is -0.274. The molecule has 0 fully saturated rings. The first-order valence-corrected chi connectivity index (χ1v) is 5.60. The van der Waals surface area contributed by atoms with Gasteiger partial charge in [-0.05, 0) is 41.1 Å². The molecule has 0 saturated carbocycles. The molecule has 18 heavy (non-hydrogen) atoms. The van der Waals surface area contributed by atoms with Gasteiger partial charge in [0.2, 0.25) is 5.91 Å². The van der Waals surface area contributed by atoms with Gasteiger partial charge in [0, 0.05) is 5.69 Å². The van der Waals surface area contributed by atoms with Crippen LogP contribution in [0.3, 0.4) is 0 Å². The summed E-state index contributed by atoms with van der Waals surface area (Å²) in [5.74, 6) is -0.826. The highest BCUT2D eigenvalue weighted by molar-refractivity contribution is 9.10. The number of benzene rings is 1. The molecule has 0 aliphatic rings. The Hall–Kier alpha value is -1.28. The molecule has 100 valence electrons. The van der Waals surface area contributed by atoms with Crippen LogP contribution in [-0.2, 0) is 4.79 Å². The molecule has 1 amide bonds. The van der Waals surface area contributed by atoms with Crippen molar-refractivity contribution in [1.29, 1.82) is 0 Å². The maximum atomic E-state index is 12.0. The molecule has 0 saturated heterocycles. The van der Waals surface area contributed by atoms with Gasteiger partial charge in [-0.2, -0.15) is 0 Å². The van der Waals surface area contributed by atoms with Gasteiger partial charge in [-0.3, -0.25) is 4.79 Å². The topological polar surface area (TPSA) is 64.4 Å². The number of amides is 1. The number of hydrogen-bond donors (Lipinski definition) is 2. The maximum Gasteiger partial charge on any atom is 0.573 e. The van der Waals surface area contributed by atoms with Crippen LogP contribution in [0.1, 0.15) is 6.92 Å². The fourth-order valence-corrected chi connectivity index (χ4v) is 1.50. The molecule has 0 aromatic heterocycles. The average molecular weight is 327 g/mol. The lowest BCUT2D eigenvalue weighted by atomic mass is 10.2. The van der Waals surface area contributed by atoms with Crippen molar-refractivity contribution in [3.05, 3.63) is 22.7 Å². The second-order valence-corrected chi connectivity index (χ2v) is 4.33. The number of anilines is 1. The van der Waals surface area contributed by atoms with Crippen LogP contribution in [0.5, 0.6) is 5.75 Å². The van der Waals surface area contributed by atoms with Gasteiger partial charge in [-0.1, -0.05) is 0 Å². The predicted molar refractivity (Wildman–Crippen MR) is 63.1 cm³/mol. The van der Waals surface area contributed by atoms with E-state index >= 15 is 0 Å². The van der Waals surface area contributed by atoms with Crippen molar-refractivity contribution in [3.63, 3.8) is 0 Å². The first-order valence-electron chi connectivity index (χ1n) is 4.81. The second kappa shape index (κ2) is 5.57. The Balaban J connectivity index is 2.83. The van der Waals surface area contributed by atoms with Crippen LogP contribution < -0.4 is 15.8 Å². The molecule has 0 heterocycles. The first-order chi connectivity index (χ1) is 8.19. The van der Waals surface area contributed by atoms with Gasteiger partial charge in [-0.15, -0.1) is 13.2 Å². The van der Waals surface area contributed by atoms with Crippen molar-refractivity contribution in [2.45, 2.75) is 19.3 Å². The van der Waals surface area contributed by atoms with Gasteiger partial charge in [0.1, 0.15) is 5.75 Å². The van der Waals surface area contributed by atoms with E-state index < -0.39 is 18.3 Å². The van der Waals surface area contributed by atoms with E-state index in [1.807, 2.05) is 0 Å². The first kappa shape index (κ1) is 14.8. The molecular formula is C10H10BrF3N2O2. The van der Waals surface area contributed by atoms with Crippen LogP contribution >= 0.6 is 15.9 Å². The molecule has 1 aromatic carbocycles. The van der Waals surface area contributed by atoms with Gasteiger partial charge >= 0.3 is 6.36 Å². The monoisotopic (exact) mass is 326 g/mol. The summed E-state index contributed by atoms with van der Waals surface area (Å²) in [5.41, 5.74) is 5.66. The lowest BCUT2D eigenvalue weighted by Gasteiger charge is -2.12. The molecule has 8 heteroatoms. The number of hydrogen-bond acceptors (Lipinski definition) is 3.